The van der Waals surface area contributed by atoms with Gasteiger partial charge in [0.25, 0.3) is 0 Å². The number of hydrogen-bond donors (Lipinski definition) is 1. The molecule has 5 heteroatoms. The number of benzene rings is 1. The molecule has 0 fully saturated rings. The molecule has 0 bridgehead atoms. The van der Waals surface area contributed by atoms with Crippen molar-refractivity contribution >= 4 is 11.9 Å². The van der Waals surface area contributed by atoms with Crippen LogP contribution in [0.25, 0.3) is 0 Å². The van der Waals surface area contributed by atoms with Crippen molar-refractivity contribution in [2.75, 3.05) is 13.7 Å². The molecule has 1 atom stereocenters. The lowest BCUT2D eigenvalue weighted by molar-refractivity contribution is -0.147. The first-order chi connectivity index (χ1) is 8.61. The van der Waals surface area contributed by atoms with Crippen molar-refractivity contribution in [3.05, 3.63) is 35.4 Å². The van der Waals surface area contributed by atoms with Crippen molar-refractivity contribution in [3.8, 4) is 0 Å². The number of fused-ring (bicyclic) bond motifs is 1. The number of nitrogens with zero attached hydrogens (tertiary/aromatic N) is 1. The highest BCUT2D eigenvalue weighted by Crippen LogP contribution is 2.18. The lowest BCUT2D eigenvalue weighted by Gasteiger charge is -2.21. The molecule has 5 nitrogen and oxygen atoms in total. The Bertz CT molecular complexity index is 473. The molecule has 2 N–H and O–H groups in total. The molecule has 1 aliphatic rings. The quantitative estimate of drug-likeness (QED) is 0.752. The number of carbonyl (C=O) groups is 2. The van der Waals surface area contributed by atoms with Crippen LogP contribution in [0.1, 0.15) is 11.1 Å². The molecule has 1 unspecified atom stereocenters. The van der Waals surface area contributed by atoms with Gasteiger partial charge in [-0.05, 0) is 17.5 Å². The second kappa shape index (κ2) is 5.18. The fourth-order valence-electron chi connectivity index (χ4n) is 2.11. The van der Waals surface area contributed by atoms with Gasteiger partial charge in [0.2, 0.25) is 5.91 Å². The second-order valence-corrected chi connectivity index (χ2v) is 4.35. The maximum Gasteiger partial charge on any atom is 0.325 e. The number of methoxy groups -OCH3 is 1. The van der Waals surface area contributed by atoms with Gasteiger partial charge >= 0.3 is 5.97 Å². The van der Waals surface area contributed by atoms with Crippen molar-refractivity contribution in [2.45, 2.75) is 19.0 Å². The highest BCUT2D eigenvalue weighted by Gasteiger charge is 2.28. The predicted molar refractivity (Wildman–Crippen MR) is 65.6 cm³/mol. The lowest BCUT2D eigenvalue weighted by atomic mass is 10.0. The topological polar surface area (TPSA) is 72.6 Å². The van der Waals surface area contributed by atoms with Crippen molar-refractivity contribution < 1.29 is 14.3 Å². The van der Waals surface area contributed by atoms with Gasteiger partial charge < -0.3 is 15.4 Å². The number of ether oxygens (including phenoxy) is 1. The van der Waals surface area contributed by atoms with E-state index in [1.54, 1.807) is 0 Å². The molecule has 2 rings (SSSR count). The Labute approximate surface area is 106 Å². The van der Waals surface area contributed by atoms with E-state index in [9.17, 15) is 9.59 Å². The first-order valence-corrected chi connectivity index (χ1v) is 5.79. The lowest BCUT2D eigenvalue weighted by Crippen LogP contribution is -2.44. The number of amides is 1. The molecule has 0 aromatic heterocycles. The summed E-state index contributed by atoms with van der Waals surface area (Å²) in [6.45, 7) is 0.342. The van der Waals surface area contributed by atoms with Crippen molar-refractivity contribution in [2.24, 2.45) is 5.73 Å². The molecule has 1 aromatic carbocycles. The Morgan fingerprint density at radius 2 is 2.11 bits per heavy atom. The minimum Gasteiger partial charge on any atom is -0.468 e. The zero-order valence-electron chi connectivity index (χ0n) is 10.3. The number of rotatable bonds is 2. The van der Waals surface area contributed by atoms with Gasteiger partial charge in [0.15, 0.2) is 0 Å². The summed E-state index contributed by atoms with van der Waals surface area (Å²) in [5, 5.41) is 0. The van der Waals surface area contributed by atoms with E-state index >= 15 is 0 Å². The van der Waals surface area contributed by atoms with Crippen LogP contribution in [0.2, 0.25) is 0 Å². The molecule has 1 amide bonds. The largest absolute Gasteiger partial charge is 0.468 e. The zero-order valence-corrected chi connectivity index (χ0v) is 10.3. The smallest absolute Gasteiger partial charge is 0.325 e. The molecule has 0 radical (unpaired) electrons. The SMILES string of the molecule is COC(=O)CN1Cc2ccccc2CC(N)C1=O. The van der Waals surface area contributed by atoms with Crippen LogP contribution in [0, 0.1) is 0 Å². The van der Waals surface area contributed by atoms with Gasteiger partial charge in [-0.3, -0.25) is 9.59 Å². The number of nitrogens with two attached hydrogens (primary N) is 1. The highest BCUT2D eigenvalue weighted by molar-refractivity contribution is 5.86. The van der Waals surface area contributed by atoms with Gasteiger partial charge in [-0.2, -0.15) is 0 Å². The van der Waals surface area contributed by atoms with E-state index in [-0.39, 0.29) is 12.5 Å². The summed E-state index contributed by atoms with van der Waals surface area (Å²) < 4.78 is 4.59. The molecule has 1 aromatic rings. The van der Waals surface area contributed by atoms with E-state index in [1.807, 2.05) is 24.3 Å². The Morgan fingerprint density at radius 3 is 2.78 bits per heavy atom. The molecular formula is C13H16N2O3. The Balaban J connectivity index is 2.26. The zero-order chi connectivity index (χ0) is 13.1. The summed E-state index contributed by atoms with van der Waals surface area (Å²) in [4.78, 5) is 24.8. The average Bonchev–Trinajstić information content (AvgIpc) is 2.49. The molecule has 0 saturated heterocycles. The van der Waals surface area contributed by atoms with Gasteiger partial charge in [0, 0.05) is 6.54 Å². The summed E-state index contributed by atoms with van der Waals surface area (Å²) in [6, 6.07) is 7.15. The first-order valence-electron chi connectivity index (χ1n) is 5.79. The van der Waals surface area contributed by atoms with E-state index in [1.165, 1.54) is 12.0 Å². The fourth-order valence-corrected chi connectivity index (χ4v) is 2.11. The van der Waals surface area contributed by atoms with Crippen LogP contribution in [0.3, 0.4) is 0 Å². The van der Waals surface area contributed by atoms with Crippen LogP contribution in [-0.2, 0) is 27.3 Å². The molecule has 1 heterocycles. The van der Waals surface area contributed by atoms with Crippen molar-refractivity contribution in [3.63, 3.8) is 0 Å². The summed E-state index contributed by atoms with van der Waals surface area (Å²) in [6.07, 6.45) is 0.507. The monoisotopic (exact) mass is 248 g/mol. The highest BCUT2D eigenvalue weighted by atomic mass is 16.5. The van der Waals surface area contributed by atoms with Gasteiger partial charge in [-0.25, -0.2) is 0 Å². The molecule has 0 spiro atoms. The minimum atomic E-state index is -0.599. The third-order valence-electron chi connectivity index (χ3n) is 3.10. The van der Waals surface area contributed by atoms with Gasteiger partial charge in [-0.1, -0.05) is 24.3 Å². The average molecular weight is 248 g/mol. The third-order valence-corrected chi connectivity index (χ3v) is 3.10. The number of carbonyl (C=O) groups excluding carboxylic acids is 2. The van der Waals surface area contributed by atoms with Crippen LogP contribution in [0.5, 0.6) is 0 Å². The number of esters is 1. The third kappa shape index (κ3) is 2.51. The van der Waals surface area contributed by atoms with Crippen molar-refractivity contribution in [1.82, 2.24) is 4.90 Å². The van der Waals surface area contributed by atoms with Crippen LogP contribution < -0.4 is 5.73 Å². The van der Waals surface area contributed by atoms with E-state index in [0.717, 1.165) is 11.1 Å². The summed E-state index contributed by atoms with van der Waals surface area (Å²) in [5.74, 6) is -0.647. The molecule has 0 aliphatic carbocycles. The first kappa shape index (κ1) is 12.6. The Morgan fingerprint density at radius 1 is 1.44 bits per heavy atom. The van der Waals surface area contributed by atoms with Crippen LogP contribution in [0.4, 0.5) is 0 Å². The molecule has 96 valence electrons. The second-order valence-electron chi connectivity index (χ2n) is 4.35. The van der Waals surface area contributed by atoms with E-state index < -0.39 is 12.0 Å². The summed E-state index contributed by atoms with van der Waals surface area (Å²) in [7, 11) is 1.30. The predicted octanol–water partition coefficient (Wildman–Crippen LogP) is 0.0716. The summed E-state index contributed by atoms with van der Waals surface area (Å²) in [5.41, 5.74) is 7.95. The van der Waals surface area contributed by atoms with E-state index in [4.69, 9.17) is 5.73 Å². The molecule has 1 aliphatic heterocycles. The Hall–Kier alpha value is -1.88. The van der Waals surface area contributed by atoms with E-state index in [0.29, 0.717) is 13.0 Å². The molecular weight excluding hydrogens is 232 g/mol. The van der Waals surface area contributed by atoms with Crippen molar-refractivity contribution in [1.29, 1.82) is 0 Å². The Kier molecular flexibility index (Phi) is 3.62. The van der Waals surface area contributed by atoms with E-state index in [2.05, 4.69) is 4.74 Å². The van der Waals surface area contributed by atoms with Crippen LogP contribution >= 0.6 is 0 Å². The maximum absolute atomic E-state index is 12.1. The summed E-state index contributed by atoms with van der Waals surface area (Å²) >= 11 is 0. The van der Waals surface area contributed by atoms with Gasteiger partial charge in [0.05, 0.1) is 13.2 Å². The normalized spacial score (nSPS) is 19.1. The fraction of sp³-hybridized carbons (Fsp3) is 0.385. The minimum absolute atomic E-state index is 0.0582. The van der Waals surface area contributed by atoms with Gasteiger partial charge in [0.1, 0.15) is 6.54 Å². The maximum atomic E-state index is 12.1. The standard InChI is InChI=1S/C13H16N2O3/c1-18-12(16)8-15-7-10-5-3-2-4-9(10)6-11(14)13(15)17/h2-5,11H,6-8,14H2,1H3. The molecule has 18 heavy (non-hydrogen) atoms. The molecule has 0 saturated carbocycles. The van der Waals surface area contributed by atoms with Crippen LogP contribution in [-0.4, -0.2) is 36.5 Å². The van der Waals surface area contributed by atoms with Gasteiger partial charge in [-0.15, -0.1) is 0 Å². The van der Waals surface area contributed by atoms with Crippen LogP contribution in [0.15, 0.2) is 24.3 Å². The number of hydrogen-bond acceptors (Lipinski definition) is 4.